The minimum absolute atomic E-state index is 0.0631. The maximum absolute atomic E-state index is 12.6. The van der Waals surface area contributed by atoms with Crippen LogP contribution in [0.5, 0.6) is 0 Å². The Morgan fingerprint density at radius 1 is 1.25 bits per heavy atom. The smallest absolute Gasteiger partial charge is 0.343 e. The van der Waals surface area contributed by atoms with Crippen LogP contribution in [0.2, 0.25) is 0 Å². The number of nitrogens with zero attached hydrogens (tertiary/aromatic N) is 5. The summed E-state index contributed by atoms with van der Waals surface area (Å²) in [4.78, 5) is 31.3. The maximum Gasteiger partial charge on any atom is 0.345 e. The van der Waals surface area contributed by atoms with Crippen molar-refractivity contribution in [3.8, 4) is 0 Å². The Morgan fingerprint density at radius 2 is 2.00 bits per heavy atom. The highest BCUT2D eigenvalue weighted by molar-refractivity contribution is 7.18. The van der Waals surface area contributed by atoms with E-state index in [9.17, 15) is 9.59 Å². The lowest BCUT2D eigenvalue weighted by atomic mass is 9.95. The summed E-state index contributed by atoms with van der Waals surface area (Å²) in [6.45, 7) is 4.03. The number of piperidine rings is 1. The number of carbonyl (C=O) groups is 1. The van der Waals surface area contributed by atoms with E-state index in [1.807, 2.05) is 30.0 Å². The number of hydrogen-bond acceptors (Lipinski definition) is 5. The average molecular weight is 400 g/mol. The van der Waals surface area contributed by atoms with E-state index in [1.54, 1.807) is 23.0 Å². The highest BCUT2D eigenvalue weighted by Gasteiger charge is 2.27. The lowest BCUT2D eigenvalue weighted by Gasteiger charge is -2.31. The molecule has 3 heterocycles. The summed E-state index contributed by atoms with van der Waals surface area (Å²) in [5, 5.41) is 5.45. The van der Waals surface area contributed by atoms with Gasteiger partial charge in [-0.15, -0.1) is 11.3 Å². The molecule has 1 saturated heterocycles. The number of hydrogen-bond donors (Lipinski definition) is 0. The molecular formula is C20H25N5O2S. The van der Waals surface area contributed by atoms with Gasteiger partial charge in [-0.2, -0.15) is 5.10 Å². The molecule has 0 aliphatic carbocycles. The molecule has 0 bridgehead atoms. The fourth-order valence-corrected chi connectivity index (χ4v) is 4.88. The zero-order valence-corrected chi connectivity index (χ0v) is 17.1. The Hall–Kier alpha value is -2.48. The number of benzene rings is 1. The lowest BCUT2D eigenvalue weighted by Crippen LogP contribution is -2.38. The summed E-state index contributed by atoms with van der Waals surface area (Å²) in [6.07, 6.45) is 2.88. The van der Waals surface area contributed by atoms with Gasteiger partial charge in [-0.05, 0) is 31.9 Å². The van der Waals surface area contributed by atoms with Crippen LogP contribution in [0.1, 0.15) is 42.9 Å². The van der Waals surface area contributed by atoms with E-state index in [1.165, 1.54) is 9.38 Å². The number of likely N-dealkylation sites (tertiary alicyclic amines) is 1. The third kappa shape index (κ3) is 3.61. The molecule has 1 aromatic carbocycles. The van der Waals surface area contributed by atoms with Crippen LogP contribution in [0.25, 0.3) is 10.2 Å². The molecule has 0 radical (unpaired) electrons. The van der Waals surface area contributed by atoms with Crippen molar-refractivity contribution in [3.05, 3.63) is 45.6 Å². The van der Waals surface area contributed by atoms with Crippen molar-refractivity contribution in [2.75, 3.05) is 13.1 Å². The van der Waals surface area contributed by atoms with Gasteiger partial charge < -0.3 is 4.90 Å². The van der Waals surface area contributed by atoms with Gasteiger partial charge in [0.25, 0.3) is 0 Å². The summed E-state index contributed by atoms with van der Waals surface area (Å²) in [7, 11) is 1.69. The first-order valence-corrected chi connectivity index (χ1v) is 10.6. The fraction of sp³-hybridized carbons (Fsp3) is 0.500. The highest BCUT2D eigenvalue weighted by atomic mass is 32.1. The SMILES string of the molecule is CCn1c(C2CCN(C(=O)CCc3nc4ccccc4s3)CC2)nn(C)c1=O. The normalized spacial score (nSPS) is 15.4. The zero-order chi connectivity index (χ0) is 19.7. The molecular weight excluding hydrogens is 374 g/mol. The third-order valence-electron chi connectivity index (χ3n) is 5.46. The molecule has 3 aromatic rings. The van der Waals surface area contributed by atoms with Crippen LogP contribution in [0.3, 0.4) is 0 Å². The molecule has 8 heteroatoms. The number of aromatic nitrogens is 4. The second-order valence-electron chi connectivity index (χ2n) is 7.24. The van der Waals surface area contributed by atoms with E-state index in [0.717, 1.165) is 42.3 Å². The summed E-state index contributed by atoms with van der Waals surface area (Å²) in [5.41, 5.74) is 0.944. The van der Waals surface area contributed by atoms with Crippen LogP contribution < -0.4 is 5.69 Å². The van der Waals surface area contributed by atoms with Crippen molar-refractivity contribution < 1.29 is 4.79 Å². The number of para-hydroxylation sites is 1. The van der Waals surface area contributed by atoms with Crippen molar-refractivity contribution >= 4 is 27.5 Å². The van der Waals surface area contributed by atoms with E-state index < -0.39 is 0 Å². The van der Waals surface area contributed by atoms with Crippen LogP contribution >= 0.6 is 11.3 Å². The predicted octanol–water partition coefficient (Wildman–Crippen LogP) is 2.55. The van der Waals surface area contributed by atoms with Crippen molar-refractivity contribution in [3.63, 3.8) is 0 Å². The standard InChI is InChI=1S/C20H25N5O2S/c1-3-25-19(22-23(2)20(25)27)14-10-12-24(13-11-14)18(26)9-8-17-21-15-6-4-5-7-16(15)28-17/h4-7,14H,3,8-13H2,1-2H3. The predicted molar refractivity (Wildman–Crippen MR) is 110 cm³/mol. The minimum Gasteiger partial charge on any atom is -0.343 e. The Labute approximate surface area is 167 Å². The summed E-state index contributed by atoms with van der Waals surface area (Å²) in [6, 6.07) is 8.08. The number of amides is 1. The second kappa shape index (κ2) is 7.87. The molecule has 0 N–H and O–H groups in total. The van der Waals surface area contributed by atoms with Gasteiger partial charge in [0.15, 0.2) is 0 Å². The van der Waals surface area contributed by atoms with Gasteiger partial charge in [0, 0.05) is 45.4 Å². The fourth-order valence-electron chi connectivity index (χ4n) is 3.91. The first kappa shape index (κ1) is 18.9. The molecule has 2 aromatic heterocycles. The van der Waals surface area contributed by atoms with Crippen LogP contribution in [0.4, 0.5) is 0 Å². The van der Waals surface area contributed by atoms with Gasteiger partial charge in [0.05, 0.1) is 15.2 Å². The summed E-state index contributed by atoms with van der Waals surface area (Å²) < 4.78 is 4.33. The monoisotopic (exact) mass is 399 g/mol. The average Bonchev–Trinajstić information content (AvgIpc) is 3.26. The Bertz CT molecular complexity index is 1010. The van der Waals surface area contributed by atoms with Crippen LogP contribution in [0, 0.1) is 0 Å². The lowest BCUT2D eigenvalue weighted by molar-refractivity contribution is -0.132. The van der Waals surface area contributed by atoms with Crippen molar-refractivity contribution in [1.82, 2.24) is 24.2 Å². The molecule has 1 amide bonds. The minimum atomic E-state index is -0.0631. The molecule has 0 saturated carbocycles. The van der Waals surface area contributed by atoms with E-state index in [0.29, 0.717) is 19.4 Å². The van der Waals surface area contributed by atoms with Crippen LogP contribution in [-0.4, -0.2) is 43.2 Å². The maximum atomic E-state index is 12.6. The Kier molecular flexibility index (Phi) is 5.30. The molecule has 4 rings (SSSR count). The molecule has 1 aliphatic heterocycles. The van der Waals surface area contributed by atoms with Crippen LogP contribution in [0.15, 0.2) is 29.1 Å². The van der Waals surface area contributed by atoms with Gasteiger partial charge in [-0.25, -0.2) is 14.5 Å². The number of rotatable bonds is 5. The van der Waals surface area contributed by atoms with E-state index in [4.69, 9.17) is 0 Å². The number of carbonyl (C=O) groups excluding carboxylic acids is 1. The number of aryl methyl sites for hydroxylation is 2. The van der Waals surface area contributed by atoms with Crippen molar-refractivity contribution in [2.45, 2.75) is 45.1 Å². The van der Waals surface area contributed by atoms with Crippen molar-refractivity contribution in [2.24, 2.45) is 7.05 Å². The van der Waals surface area contributed by atoms with Gasteiger partial charge in [-0.3, -0.25) is 9.36 Å². The van der Waals surface area contributed by atoms with E-state index in [2.05, 4.69) is 16.1 Å². The Morgan fingerprint density at radius 3 is 2.71 bits per heavy atom. The topological polar surface area (TPSA) is 73.0 Å². The second-order valence-corrected chi connectivity index (χ2v) is 8.35. The quantitative estimate of drug-likeness (QED) is 0.661. The third-order valence-corrected chi connectivity index (χ3v) is 6.55. The Balaban J connectivity index is 1.34. The molecule has 0 unspecified atom stereocenters. The summed E-state index contributed by atoms with van der Waals surface area (Å²) in [5.74, 6) is 1.28. The van der Waals surface area contributed by atoms with Gasteiger partial charge in [0.1, 0.15) is 5.82 Å². The molecule has 7 nitrogen and oxygen atoms in total. The van der Waals surface area contributed by atoms with Gasteiger partial charge in [0.2, 0.25) is 5.91 Å². The first-order chi connectivity index (χ1) is 13.6. The van der Waals surface area contributed by atoms with Crippen LogP contribution in [-0.2, 0) is 24.8 Å². The van der Waals surface area contributed by atoms with Gasteiger partial charge in [-0.1, -0.05) is 12.1 Å². The molecule has 0 spiro atoms. The van der Waals surface area contributed by atoms with E-state index >= 15 is 0 Å². The van der Waals surface area contributed by atoms with Crippen molar-refractivity contribution in [1.29, 1.82) is 0 Å². The highest BCUT2D eigenvalue weighted by Crippen LogP contribution is 2.27. The largest absolute Gasteiger partial charge is 0.345 e. The number of fused-ring (bicyclic) bond motifs is 1. The molecule has 0 atom stereocenters. The van der Waals surface area contributed by atoms with Gasteiger partial charge >= 0.3 is 5.69 Å². The molecule has 1 aliphatic rings. The molecule has 28 heavy (non-hydrogen) atoms. The first-order valence-electron chi connectivity index (χ1n) is 9.82. The number of thiazole rings is 1. The zero-order valence-electron chi connectivity index (χ0n) is 16.3. The molecule has 1 fully saturated rings. The molecule has 148 valence electrons. The van der Waals surface area contributed by atoms with E-state index in [-0.39, 0.29) is 17.5 Å². The summed E-state index contributed by atoms with van der Waals surface area (Å²) >= 11 is 1.67.